The summed E-state index contributed by atoms with van der Waals surface area (Å²) in [5.41, 5.74) is 6.13. The van der Waals surface area contributed by atoms with E-state index in [9.17, 15) is 8.42 Å². The van der Waals surface area contributed by atoms with Gasteiger partial charge in [-0.3, -0.25) is 10.8 Å². The highest BCUT2D eigenvalue weighted by Crippen LogP contribution is 2.32. The van der Waals surface area contributed by atoms with Crippen molar-refractivity contribution in [3.63, 3.8) is 0 Å². The molecule has 1 atom stereocenters. The van der Waals surface area contributed by atoms with E-state index in [4.69, 9.17) is 10.5 Å². The van der Waals surface area contributed by atoms with Gasteiger partial charge in [-0.05, 0) is 30.5 Å². The molecule has 0 saturated carbocycles. The molecule has 4 aromatic rings. The van der Waals surface area contributed by atoms with Gasteiger partial charge in [-0.1, -0.05) is 36.4 Å². The van der Waals surface area contributed by atoms with E-state index in [1.165, 1.54) is 0 Å². The second-order valence-electron chi connectivity index (χ2n) is 6.04. The van der Waals surface area contributed by atoms with Crippen molar-refractivity contribution in [3.05, 3.63) is 60.7 Å². The zero-order valence-corrected chi connectivity index (χ0v) is 14.8. The van der Waals surface area contributed by atoms with Gasteiger partial charge in [0.25, 0.3) is 0 Å². The molecule has 4 rings (SSSR count). The quantitative estimate of drug-likeness (QED) is 0.540. The molecule has 0 spiro atoms. The van der Waals surface area contributed by atoms with E-state index in [1.807, 2.05) is 24.3 Å². The highest BCUT2D eigenvalue weighted by atomic mass is 32.2. The summed E-state index contributed by atoms with van der Waals surface area (Å²) in [7, 11) is -3.77. The van der Waals surface area contributed by atoms with Crippen LogP contribution in [0.25, 0.3) is 21.7 Å². The van der Waals surface area contributed by atoms with Crippen LogP contribution in [-0.2, 0) is 9.84 Å². The summed E-state index contributed by atoms with van der Waals surface area (Å²) in [6, 6.07) is 17.6. The molecule has 3 aromatic carbocycles. The van der Waals surface area contributed by atoms with E-state index in [-0.39, 0.29) is 9.92 Å². The molecule has 0 saturated heterocycles. The average molecular weight is 367 g/mol. The Labute approximate surface area is 150 Å². The molecule has 0 fully saturated rings. The smallest absolute Gasteiger partial charge is 0.224 e. The van der Waals surface area contributed by atoms with Gasteiger partial charge in [-0.2, -0.15) is 5.10 Å². The Bertz CT molecular complexity index is 1210. The number of hydrogen-bond acceptors (Lipinski definition) is 5. The van der Waals surface area contributed by atoms with E-state index < -0.39 is 16.1 Å². The van der Waals surface area contributed by atoms with Crippen LogP contribution < -0.4 is 10.5 Å². The number of nitrogens with one attached hydrogen (secondary N) is 1. The van der Waals surface area contributed by atoms with Gasteiger partial charge in [0.05, 0.1) is 10.4 Å². The maximum absolute atomic E-state index is 13.3. The van der Waals surface area contributed by atoms with Crippen molar-refractivity contribution >= 4 is 31.5 Å². The van der Waals surface area contributed by atoms with E-state index in [1.54, 1.807) is 43.3 Å². The third-order valence-corrected chi connectivity index (χ3v) is 5.91. The number of sulfone groups is 1. The van der Waals surface area contributed by atoms with Gasteiger partial charge in [0.15, 0.2) is 5.03 Å². The molecule has 26 heavy (non-hydrogen) atoms. The fourth-order valence-corrected chi connectivity index (χ4v) is 4.58. The summed E-state index contributed by atoms with van der Waals surface area (Å²) >= 11 is 0. The number of nitrogens with zero attached hydrogens (tertiary/aromatic N) is 1. The summed E-state index contributed by atoms with van der Waals surface area (Å²) in [5.74, 6) is 0.535. The first-order valence-corrected chi connectivity index (χ1v) is 9.58. The monoisotopic (exact) mass is 367 g/mol. The molecule has 6 nitrogen and oxygen atoms in total. The summed E-state index contributed by atoms with van der Waals surface area (Å²) in [6.45, 7) is 1.71. The summed E-state index contributed by atoms with van der Waals surface area (Å²) in [5, 5.41) is 8.92. The number of hydrogen-bond donors (Lipinski definition) is 2. The number of aromatic amines is 1. The second kappa shape index (κ2) is 6.12. The Morgan fingerprint density at radius 3 is 2.62 bits per heavy atom. The van der Waals surface area contributed by atoms with Crippen LogP contribution in [-0.4, -0.2) is 24.8 Å². The number of benzene rings is 3. The zero-order chi connectivity index (χ0) is 18.3. The topological polar surface area (TPSA) is 98.1 Å². The van der Waals surface area contributed by atoms with E-state index in [0.29, 0.717) is 22.0 Å². The zero-order valence-electron chi connectivity index (χ0n) is 14.0. The molecule has 0 bridgehead atoms. The minimum absolute atomic E-state index is 0.0659. The van der Waals surface area contributed by atoms with Crippen molar-refractivity contribution in [2.75, 3.05) is 0 Å². The van der Waals surface area contributed by atoms with Crippen LogP contribution in [0.4, 0.5) is 0 Å². The largest absolute Gasteiger partial charge is 0.476 e. The van der Waals surface area contributed by atoms with E-state index in [0.717, 1.165) is 5.39 Å². The molecule has 7 heteroatoms. The molecular weight excluding hydrogens is 350 g/mol. The standard InChI is InChI=1S/C19H17N3O3S/c1-12(20)25-14-9-10-16-17(11-14)21-22-19(16)26(23,24)18-8-4-6-13-5-2-3-7-15(13)18/h2-12H,20H2,1H3,(H,21,22). The van der Waals surface area contributed by atoms with Gasteiger partial charge >= 0.3 is 0 Å². The number of ether oxygens (including phenoxy) is 1. The van der Waals surface area contributed by atoms with Crippen molar-refractivity contribution in [2.45, 2.75) is 23.1 Å². The Morgan fingerprint density at radius 1 is 1.04 bits per heavy atom. The number of nitrogens with two attached hydrogens (primary N) is 1. The minimum Gasteiger partial charge on any atom is -0.476 e. The van der Waals surface area contributed by atoms with Gasteiger partial charge in [-0.25, -0.2) is 8.42 Å². The summed E-state index contributed by atoms with van der Waals surface area (Å²) < 4.78 is 32.0. The van der Waals surface area contributed by atoms with Crippen LogP contribution in [0.2, 0.25) is 0 Å². The van der Waals surface area contributed by atoms with Gasteiger partial charge in [0.1, 0.15) is 12.0 Å². The van der Waals surface area contributed by atoms with Crippen molar-refractivity contribution < 1.29 is 13.2 Å². The number of rotatable bonds is 4. The van der Waals surface area contributed by atoms with Crippen molar-refractivity contribution in [1.82, 2.24) is 10.2 Å². The predicted molar refractivity (Wildman–Crippen MR) is 99.8 cm³/mol. The van der Waals surface area contributed by atoms with E-state index >= 15 is 0 Å². The summed E-state index contributed by atoms with van der Waals surface area (Å²) in [6.07, 6.45) is -0.467. The Hall–Kier alpha value is -2.90. The van der Waals surface area contributed by atoms with E-state index in [2.05, 4.69) is 10.2 Å². The molecule has 1 heterocycles. The van der Waals surface area contributed by atoms with Crippen molar-refractivity contribution in [1.29, 1.82) is 0 Å². The molecule has 0 amide bonds. The lowest BCUT2D eigenvalue weighted by Crippen LogP contribution is -2.22. The molecule has 0 aliphatic rings. The highest BCUT2D eigenvalue weighted by Gasteiger charge is 2.25. The van der Waals surface area contributed by atoms with Gasteiger partial charge in [0, 0.05) is 16.8 Å². The fraction of sp³-hybridized carbons (Fsp3) is 0.105. The molecule has 1 unspecified atom stereocenters. The normalized spacial score (nSPS) is 13.2. The molecular formula is C19H17N3O3S. The minimum atomic E-state index is -3.77. The lowest BCUT2D eigenvalue weighted by molar-refractivity contribution is 0.230. The molecule has 0 aliphatic carbocycles. The van der Waals surface area contributed by atoms with Gasteiger partial charge in [0.2, 0.25) is 9.84 Å². The maximum Gasteiger partial charge on any atom is 0.224 e. The Kier molecular flexibility index (Phi) is 3.90. The number of H-pyrrole nitrogens is 1. The third kappa shape index (κ3) is 2.71. The van der Waals surface area contributed by atoms with Crippen LogP contribution in [0, 0.1) is 0 Å². The average Bonchev–Trinajstić information content (AvgIpc) is 3.04. The van der Waals surface area contributed by atoms with Crippen LogP contribution in [0.1, 0.15) is 6.92 Å². The first kappa shape index (κ1) is 16.6. The van der Waals surface area contributed by atoms with Gasteiger partial charge < -0.3 is 4.74 Å². The van der Waals surface area contributed by atoms with Crippen molar-refractivity contribution in [3.8, 4) is 5.75 Å². The molecule has 132 valence electrons. The SMILES string of the molecule is CC(N)Oc1ccc2c(S(=O)(=O)c3cccc4ccccc34)[nH]nc2c1. The van der Waals surface area contributed by atoms with Gasteiger partial charge in [-0.15, -0.1) is 0 Å². The molecule has 0 aliphatic heterocycles. The predicted octanol–water partition coefficient (Wildman–Crippen LogP) is 3.23. The molecule has 1 aromatic heterocycles. The van der Waals surface area contributed by atoms with Crippen LogP contribution in [0.5, 0.6) is 5.75 Å². The Balaban J connectivity index is 1.88. The molecule has 0 radical (unpaired) electrons. The Morgan fingerprint density at radius 2 is 1.81 bits per heavy atom. The van der Waals surface area contributed by atoms with Crippen LogP contribution >= 0.6 is 0 Å². The lowest BCUT2D eigenvalue weighted by Gasteiger charge is -2.09. The first-order chi connectivity index (χ1) is 12.5. The highest BCUT2D eigenvalue weighted by molar-refractivity contribution is 7.91. The summed E-state index contributed by atoms with van der Waals surface area (Å²) in [4.78, 5) is 0.247. The molecule has 3 N–H and O–H groups in total. The van der Waals surface area contributed by atoms with Crippen LogP contribution in [0.3, 0.4) is 0 Å². The third-order valence-electron chi connectivity index (χ3n) is 4.12. The van der Waals surface area contributed by atoms with Crippen LogP contribution in [0.15, 0.2) is 70.6 Å². The fourth-order valence-electron chi connectivity index (χ4n) is 3.00. The van der Waals surface area contributed by atoms with Crippen molar-refractivity contribution in [2.24, 2.45) is 5.73 Å². The first-order valence-electron chi connectivity index (χ1n) is 8.10. The number of aromatic nitrogens is 2. The lowest BCUT2D eigenvalue weighted by atomic mass is 10.1. The second-order valence-corrected chi connectivity index (χ2v) is 7.89. The maximum atomic E-state index is 13.3. The number of fused-ring (bicyclic) bond motifs is 2.